The predicted molar refractivity (Wildman–Crippen MR) is 78.7 cm³/mol. The molecule has 2 rings (SSSR count). The Balaban J connectivity index is 2.16. The highest BCUT2D eigenvalue weighted by molar-refractivity contribution is 5.98. The number of nitrogens with zero attached hydrogens (tertiary/aromatic N) is 2. The van der Waals surface area contributed by atoms with Gasteiger partial charge in [-0.1, -0.05) is 13.8 Å². The summed E-state index contributed by atoms with van der Waals surface area (Å²) in [7, 11) is 0. The Morgan fingerprint density at radius 1 is 1.38 bits per heavy atom. The molecule has 21 heavy (non-hydrogen) atoms. The van der Waals surface area contributed by atoms with Gasteiger partial charge in [0.05, 0.1) is 4.92 Å². The normalized spacial score (nSPS) is 25.3. The first kappa shape index (κ1) is 15.2. The van der Waals surface area contributed by atoms with Crippen molar-refractivity contribution in [3.05, 3.63) is 27.9 Å². The molecule has 2 atom stereocenters. The first-order chi connectivity index (χ1) is 9.86. The van der Waals surface area contributed by atoms with Crippen molar-refractivity contribution < 1.29 is 9.72 Å². The molecule has 0 spiro atoms. The first-order valence-corrected chi connectivity index (χ1v) is 7.07. The summed E-state index contributed by atoms with van der Waals surface area (Å²) in [5.41, 5.74) is 5.18. The quantitative estimate of drug-likeness (QED) is 0.654. The molecule has 1 amide bonds. The first-order valence-electron chi connectivity index (χ1n) is 7.07. The van der Waals surface area contributed by atoms with Gasteiger partial charge < -0.3 is 11.1 Å². The summed E-state index contributed by atoms with van der Waals surface area (Å²) in [6, 6.07) is 1.30. The Kier molecular flexibility index (Phi) is 4.40. The van der Waals surface area contributed by atoms with Crippen LogP contribution in [-0.4, -0.2) is 21.9 Å². The molecule has 1 aromatic heterocycles. The lowest BCUT2D eigenvalue weighted by Crippen LogP contribution is -2.40. The fraction of sp³-hybridized carbons (Fsp3) is 0.571. The maximum Gasteiger partial charge on any atom is 0.300 e. The number of nitrogens with two attached hydrogens (primary N) is 1. The van der Waals surface area contributed by atoms with Gasteiger partial charge >= 0.3 is 0 Å². The van der Waals surface area contributed by atoms with E-state index in [1.807, 2.05) is 0 Å². The fourth-order valence-corrected chi connectivity index (χ4v) is 3.12. The van der Waals surface area contributed by atoms with E-state index in [1.165, 1.54) is 6.07 Å². The molecule has 1 aliphatic carbocycles. The molecule has 1 saturated carbocycles. The number of aromatic nitrogens is 1. The van der Waals surface area contributed by atoms with Crippen LogP contribution in [0.5, 0.6) is 0 Å². The van der Waals surface area contributed by atoms with Gasteiger partial charge in [0.25, 0.3) is 11.6 Å². The number of carbonyl (C=O) groups is 1. The molecule has 0 aromatic carbocycles. The van der Waals surface area contributed by atoms with E-state index < -0.39 is 10.8 Å². The van der Waals surface area contributed by atoms with E-state index in [2.05, 4.69) is 24.1 Å². The molecular weight excluding hydrogens is 272 g/mol. The summed E-state index contributed by atoms with van der Waals surface area (Å²) in [4.78, 5) is 26.3. The lowest BCUT2D eigenvalue weighted by Gasteiger charge is -2.31. The van der Waals surface area contributed by atoms with E-state index in [0.29, 0.717) is 11.8 Å². The number of carbonyl (C=O) groups excluding carboxylic acids is 1. The Morgan fingerprint density at radius 2 is 2.00 bits per heavy atom. The third-order valence-corrected chi connectivity index (χ3v) is 3.86. The highest BCUT2D eigenvalue weighted by Crippen LogP contribution is 2.29. The Bertz CT molecular complexity index is 551. The Hall–Kier alpha value is -2.18. The topological polar surface area (TPSA) is 111 Å². The van der Waals surface area contributed by atoms with Crippen molar-refractivity contribution in [3.63, 3.8) is 0 Å². The molecule has 7 heteroatoms. The molecule has 7 nitrogen and oxygen atoms in total. The molecule has 0 radical (unpaired) electrons. The van der Waals surface area contributed by atoms with E-state index in [1.54, 1.807) is 0 Å². The summed E-state index contributed by atoms with van der Waals surface area (Å²) >= 11 is 0. The fourth-order valence-electron chi connectivity index (χ4n) is 3.12. The summed E-state index contributed by atoms with van der Waals surface area (Å²) in [6.45, 7) is 4.31. The monoisotopic (exact) mass is 292 g/mol. The van der Waals surface area contributed by atoms with Crippen molar-refractivity contribution in [2.24, 2.45) is 11.8 Å². The average molecular weight is 292 g/mol. The lowest BCUT2D eigenvalue weighted by molar-refractivity contribution is -0.385. The number of nitrogens with one attached hydrogen (secondary N) is 1. The van der Waals surface area contributed by atoms with Crippen LogP contribution in [0, 0.1) is 22.0 Å². The van der Waals surface area contributed by atoms with E-state index in [9.17, 15) is 14.9 Å². The van der Waals surface area contributed by atoms with Gasteiger partial charge in [-0.05, 0) is 37.2 Å². The van der Waals surface area contributed by atoms with Crippen molar-refractivity contribution in [2.75, 3.05) is 5.73 Å². The number of nitrogen functional groups attached to an aromatic ring is 1. The maximum atomic E-state index is 12.3. The molecule has 3 N–H and O–H groups in total. The van der Waals surface area contributed by atoms with E-state index in [4.69, 9.17) is 5.73 Å². The van der Waals surface area contributed by atoms with Crippen LogP contribution in [0.15, 0.2) is 12.3 Å². The van der Waals surface area contributed by atoms with Crippen LogP contribution >= 0.6 is 0 Å². The lowest BCUT2D eigenvalue weighted by atomic mass is 9.80. The van der Waals surface area contributed by atoms with Gasteiger partial charge in [0, 0.05) is 6.04 Å². The Morgan fingerprint density at radius 3 is 2.57 bits per heavy atom. The molecule has 2 unspecified atom stereocenters. The summed E-state index contributed by atoms with van der Waals surface area (Å²) in [5.74, 6) is 0.714. The maximum absolute atomic E-state index is 12.3. The smallest absolute Gasteiger partial charge is 0.300 e. The molecule has 1 fully saturated rings. The van der Waals surface area contributed by atoms with Crippen molar-refractivity contribution in [1.29, 1.82) is 0 Å². The molecule has 0 saturated heterocycles. The average Bonchev–Trinajstić information content (AvgIpc) is 2.36. The third-order valence-electron chi connectivity index (χ3n) is 3.86. The van der Waals surface area contributed by atoms with Gasteiger partial charge in [-0.25, -0.2) is 4.98 Å². The third kappa shape index (κ3) is 3.68. The summed E-state index contributed by atoms with van der Waals surface area (Å²) < 4.78 is 0. The number of hydrogen-bond acceptors (Lipinski definition) is 5. The molecule has 0 aliphatic heterocycles. The zero-order valence-electron chi connectivity index (χ0n) is 12.2. The van der Waals surface area contributed by atoms with Crippen molar-refractivity contribution in [2.45, 2.75) is 39.2 Å². The molecule has 114 valence electrons. The van der Waals surface area contributed by atoms with Gasteiger partial charge in [0.1, 0.15) is 17.6 Å². The highest BCUT2D eigenvalue weighted by Gasteiger charge is 2.28. The molecule has 0 bridgehead atoms. The summed E-state index contributed by atoms with van der Waals surface area (Å²) in [6.07, 6.45) is 3.96. The molecule has 1 aromatic rings. The zero-order valence-corrected chi connectivity index (χ0v) is 12.2. The highest BCUT2D eigenvalue weighted by atomic mass is 16.6. The predicted octanol–water partition coefficient (Wildman–Crippen LogP) is 2.13. The van der Waals surface area contributed by atoms with Gasteiger partial charge in [-0.15, -0.1) is 0 Å². The number of pyridine rings is 1. The van der Waals surface area contributed by atoms with Crippen LogP contribution in [0.4, 0.5) is 11.5 Å². The minimum absolute atomic E-state index is 0.0293. The number of amides is 1. The number of anilines is 1. The number of nitro groups is 1. The molecule has 1 heterocycles. The SMILES string of the molecule is CC1CC(C)CC(NC(=O)c2cc(N)ncc2[N+](=O)[O-])C1. The van der Waals surface area contributed by atoms with E-state index in [-0.39, 0.29) is 23.1 Å². The van der Waals surface area contributed by atoms with Crippen LogP contribution in [-0.2, 0) is 0 Å². The van der Waals surface area contributed by atoms with E-state index >= 15 is 0 Å². The second-order valence-corrected chi connectivity index (χ2v) is 5.97. The van der Waals surface area contributed by atoms with Crippen LogP contribution in [0.1, 0.15) is 43.5 Å². The van der Waals surface area contributed by atoms with Crippen molar-refractivity contribution in [1.82, 2.24) is 10.3 Å². The van der Waals surface area contributed by atoms with E-state index in [0.717, 1.165) is 25.5 Å². The second kappa shape index (κ2) is 6.07. The van der Waals surface area contributed by atoms with Crippen molar-refractivity contribution in [3.8, 4) is 0 Å². The van der Waals surface area contributed by atoms with Gasteiger partial charge in [0.2, 0.25) is 0 Å². The minimum atomic E-state index is -0.618. The number of rotatable bonds is 3. The van der Waals surface area contributed by atoms with Crippen LogP contribution in [0.25, 0.3) is 0 Å². The van der Waals surface area contributed by atoms with Crippen LogP contribution in [0.2, 0.25) is 0 Å². The standard InChI is InChI=1S/C14H20N4O3/c1-8-3-9(2)5-10(4-8)17-14(19)11-6-13(15)16-7-12(11)18(20)21/h6-10H,3-5H2,1-2H3,(H2,15,16)(H,17,19). The van der Waals surface area contributed by atoms with Gasteiger partial charge in [0.15, 0.2) is 0 Å². The minimum Gasteiger partial charge on any atom is -0.384 e. The number of hydrogen-bond donors (Lipinski definition) is 2. The Labute approximate surface area is 123 Å². The molecule has 1 aliphatic rings. The molecular formula is C14H20N4O3. The van der Waals surface area contributed by atoms with Gasteiger partial charge in [-0.3, -0.25) is 14.9 Å². The second-order valence-electron chi connectivity index (χ2n) is 5.97. The van der Waals surface area contributed by atoms with Crippen LogP contribution in [0.3, 0.4) is 0 Å². The zero-order chi connectivity index (χ0) is 15.6. The van der Waals surface area contributed by atoms with Crippen molar-refractivity contribution >= 4 is 17.4 Å². The largest absolute Gasteiger partial charge is 0.384 e. The van der Waals surface area contributed by atoms with Gasteiger partial charge in [-0.2, -0.15) is 0 Å². The summed E-state index contributed by atoms with van der Waals surface area (Å²) in [5, 5.41) is 13.9. The van der Waals surface area contributed by atoms with Crippen LogP contribution < -0.4 is 11.1 Å².